The Morgan fingerprint density at radius 2 is 1.83 bits per heavy atom. The zero-order valence-corrected chi connectivity index (χ0v) is 14.2. The van der Waals surface area contributed by atoms with E-state index in [-0.39, 0.29) is 0 Å². The van der Waals surface area contributed by atoms with Crippen molar-refractivity contribution in [2.45, 2.75) is 0 Å². The highest BCUT2D eigenvalue weighted by molar-refractivity contribution is 9.10. The van der Waals surface area contributed by atoms with Gasteiger partial charge in [-0.25, -0.2) is 9.67 Å². The Bertz CT molecular complexity index is 870. The van der Waals surface area contributed by atoms with E-state index in [0.29, 0.717) is 11.3 Å². The second-order valence-corrected chi connectivity index (χ2v) is 5.87. The number of benzene rings is 1. The molecule has 3 rings (SSSR count). The number of carbonyl (C=O) groups excluding carboxylic acids is 2. The molecule has 0 aliphatic carbocycles. The number of aryl methyl sites for hydroxylation is 1. The molecule has 2 heterocycles. The minimum Gasteiger partial charge on any atom is -0.345 e. The van der Waals surface area contributed by atoms with Gasteiger partial charge in [0.05, 0.1) is 5.69 Å². The first-order valence-corrected chi connectivity index (χ1v) is 7.71. The third-order valence-electron chi connectivity index (χ3n) is 3.31. The van der Waals surface area contributed by atoms with E-state index in [1.165, 1.54) is 6.33 Å². The Labute approximate surface area is 145 Å². The van der Waals surface area contributed by atoms with Crippen LogP contribution in [-0.2, 0) is 7.05 Å². The summed E-state index contributed by atoms with van der Waals surface area (Å²) in [4.78, 5) is 28.0. The van der Waals surface area contributed by atoms with Gasteiger partial charge in [0.2, 0.25) is 0 Å². The van der Waals surface area contributed by atoms with Gasteiger partial charge in [0.1, 0.15) is 18.3 Å². The van der Waals surface area contributed by atoms with Gasteiger partial charge in [-0.1, -0.05) is 0 Å². The Hall–Kier alpha value is -2.94. The molecule has 0 saturated heterocycles. The highest BCUT2D eigenvalue weighted by Crippen LogP contribution is 2.13. The lowest BCUT2D eigenvalue weighted by atomic mass is 10.2. The van der Waals surface area contributed by atoms with Crippen LogP contribution < -0.4 is 10.9 Å². The molecule has 0 saturated carbocycles. The average molecular weight is 389 g/mol. The van der Waals surface area contributed by atoms with Crippen LogP contribution in [0.2, 0.25) is 0 Å². The predicted octanol–water partition coefficient (Wildman–Crippen LogP) is 1.44. The number of halogens is 1. The monoisotopic (exact) mass is 388 g/mol. The van der Waals surface area contributed by atoms with Crippen molar-refractivity contribution in [2.75, 3.05) is 0 Å². The fraction of sp³-hybridized carbons (Fsp3) is 0.0667. The number of hydrazine groups is 1. The van der Waals surface area contributed by atoms with Crippen LogP contribution in [0.25, 0.3) is 5.69 Å². The van der Waals surface area contributed by atoms with Crippen LogP contribution in [0.1, 0.15) is 20.8 Å². The highest BCUT2D eigenvalue weighted by Gasteiger charge is 2.12. The minimum absolute atomic E-state index is 0.407. The van der Waals surface area contributed by atoms with E-state index in [2.05, 4.69) is 36.9 Å². The maximum atomic E-state index is 12.1. The van der Waals surface area contributed by atoms with Gasteiger partial charge in [-0.05, 0) is 46.3 Å². The van der Waals surface area contributed by atoms with E-state index < -0.39 is 11.8 Å². The predicted molar refractivity (Wildman–Crippen MR) is 89.4 cm³/mol. The molecule has 24 heavy (non-hydrogen) atoms. The molecule has 122 valence electrons. The second-order valence-electron chi connectivity index (χ2n) is 4.95. The van der Waals surface area contributed by atoms with E-state index in [1.807, 2.05) is 0 Å². The lowest BCUT2D eigenvalue weighted by molar-refractivity contribution is 0.0842. The number of rotatable bonds is 3. The number of hydrogen-bond acceptors (Lipinski definition) is 4. The first-order valence-electron chi connectivity index (χ1n) is 6.92. The average Bonchev–Trinajstić information content (AvgIpc) is 3.22. The zero-order chi connectivity index (χ0) is 17.1. The molecule has 2 aromatic heterocycles. The van der Waals surface area contributed by atoms with Crippen molar-refractivity contribution >= 4 is 27.7 Å². The lowest BCUT2D eigenvalue weighted by Gasteiger charge is -2.08. The van der Waals surface area contributed by atoms with Crippen LogP contribution in [0.3, 0.4) is 0 Å². The Balaban J connectivity index is 1.63. The lowest BCUT2D eigenvalue weighted by Crippen LogP contribution is -2.42. The van der Waals surface area contributed by atoms with Crippen molar-refractivity contribution in [2.24, 2.45) is 7.05 Å². The molecule has 0 atom stereocenters. The number of amides is 2. The second kappa shape index (κ2) is 6.67. The number of hydrogen-bond donors (Lipinski definition) is 2. The summed E-state index contributed by atoms with van der Waals surface area (Å²) in [7, 11) is 1.74. The minimum atomic E-state index is -0.415. The molecule has 9 heteroatoms. The molecule has 0 aliphatic rings. The summed E-state index contributed by atoms with van der Waals surface area (Å²) in [6.07, 6.45) is 4.74. The van der Waals surface area contributed by atoms with Crippen molar-refractivity contribution < 1.29 is 9.59 Å². The molecule has 0 bridgehead atoms. The molecule has 1 aromatic carbocycles. The molecular weight excluding hydrogens is 376 g/mol. The zero-order valence-electron chi connectivity index (χ0n) is 12.6. The van der Waals surface area contributed by atoms with Crippen molar-refractivity contribution in [1.82, 2.24) is 30.2 Å². The molecule has 0 fully saturated rings. The van der Waals surface area contributed by atoms with Gasteiger partial charge in [0.25, 0.3) is 11.8 Å². The molecule has 0 radical (unpaired) electrons. The maximum Gasteiger partial charge on any atom is 0.286 e. The third kappa shape index (κ3) is 3.35. The first kappa shape index (κ1) is 15.9. The van der Waals surface area contributed by atoms with Crippen molar-refractivity contribution in [3.05, 3.63) is 64.9 Å². The Morgan fingerprint density at radius 1 is 1.12 bits per heavy atom. The van der Waals surface area contributed by atoms with E-state index in [0.717, 1.165) is 10.2 Å². The van der Waals surface area contributed by atoms with Crippen molar-refractivity contribution in [1.29, 1.82) is 0 Å². The van der Waals surface area contributed by atoms with E-state index in [1.54, 1.807) is 59.2 Å². The summed E-state index contributed by atoms with van der Waals surface area (Å²) in [6.45, 7) is 0. The van der Waals surface area contributed by atoms with E-state index >= 15 is 0 Å². The molecule has 3 aromatic rings. The highest BCUT2D eigenvalue weighted by atomic mass is 79.9. The fourth-order valence-corrected chi connectivity index (χ4v) is 2.63. The first-order chi connectivity index (χ1) is 11.5. The van der Waals surface area contributed by atoms with Gasteiger partial charge in [-0.2, -0.15) is 5.10 Å². The van der Waals surface area contributed by atoms with Crippen LogP contribution in [0.15, 0.2) is 53.7 Å². The van der Waals surface area contributed by atoms with E-state index in [9.17, 15) is 9.59 Å². The fourth-order valence-electron chi connectivity index (χ4n) is 2.11. The van der Waals surface area contributed by atoms with Gasteiger partial charge in [-0.3, -0.25) is 20.4 Å². The molecule has 2 amide bonds. The van der Waals surface area contributed by atoms with Crippen molar-refractivity contribution in [3.8, 4) is 5.69 Å². The molecule has 2 N–H and O–H groups in total. The number of nitrogens with one attached hydrogen (secondary N) is 2. The smallest absolute Gasteiger partial charge is 0.286 e. The van der Waals surface area contributed by atoms with Crippen LogP contribution in [0.5, 0.6) is 0 Å². The Kier molecular flexibility index (Phi) is 4.43. The van der Waals surface area contributed by atoms with Gasteiger partial charge < -0.3 is 4.57 Å². The van der Waals surface area contributed by atoms with Crippen molar-refractivity contribution in [3.63, 3.8) is 0 Å². The quantitative estimate of drug-likeness (QED) is 0.663. The van der Waals surface area contributed by atoms with Gasteiger partial charge in [0.15, 0.2) is 0 Å². The summed E-state index contributed by atoms with van der Waals surface area (Å²) >= 11 is 3.29. The number of nitrogens with zero attached hydrogens (tertiary/aromatic N) is 4. The molecule has 0 aliphatic heterocycles. The standard InChI is InChI=1S/C15H13BrN6O2/c1-21-7-11(16)6-13(21)15(24)20-19-14(23)10-2-4-12(5-3-10)22-9-17-8-18-22/h2-9H,1H3,(H,19,23)(H,20,24). The van der Waals surface area contributed by atoms with Gasteiger partial charge >= 0.3 is 0 Å². The van der Waals surface area contributed by atoms with Gasteiger partial charge in [0, 0.05) is 23.3 Å². The SMILES string of the molecule is Cn1cc(Br)cc1C(=O)NNC(=O)c1ccc(-n2cncn2)cc1. The van der Waals surface area contributed by atoms with Crippen LogP contribution >= 0.6 is 15.9 Å². The molecule has 0 spiro atoms. The number of carbonyl (C=O) groups is 2. The summed E-state index contributed by atoms with van der Waals surface area (Å²) in [5.41, 5.74) is 6.38. The molecule has 0 unspecified atom stereocenters. The third-order valence-corrected chi connectivity index (χ3v) is 3.74. The molecule has 8 nitrogen and oxygen atoms in total. The topological polar surface area (TPSA) is 93.8 Å². The summed E-state index contributed by atoms with van der Waals surface area (Å²) in [5.74, 6) is -0.822. The van der Waals surface area contributed by atoms with Crippen LogP contribution in [0.4, 0.5) is 0 Å². The van der Waals surface area contributed by atoms with Crippen LogP contribution in [-0.4, -0.2) is 31.1 Å². The largest absolute Gasteiger partial charge is 0.345 e. The van der Waals surface area contributed by atoms with Gasteiger partial charge in [-0.15, -0.1) is 0 Å². The van der Waals surface area contributed by atoms with E-state index in [4.69, 9.17) is 0 Å². The Morgan fingerprint density at radius 3 is 2.42 bits per heavy atom. The number of aromatic nitrogens is 4. The summed E-state index contributed by atoms with van der Waals surface area (Å²) < 4.78 is 4.01. The molecular formula is C15H13BrN6O2. The summed E-state index contributed by atoms with van der Waals surface area (Å²) in [5, 5.41) is 4.01. The maximum absolute atomic E-state index is 12.1. The normalized spacial score (nSPS) is 10.4. The van der Waals surface area contributed by atoms with Crippen LogP contribution in [0, 0.1) is 0 Å². The summed E-state index contributed by atoms with van der Waals surface area (Å²) in [6, 6.07) is 8.41.